The summed E-state index contributed by atoms with van der Waals surface area (Å²) in [5.41, 5.74) is 0.490. The van der Waals surface area contributed by atoms with E-state index in [0.717, 1.165) is 17.7 Å². The molecule has 0 saturated heterocycles. The highest BCUT2D eigenvalue weighted by atomic mass is 35.5. The van der Waals surface area contributed by atoms with Crippen LogP contribution in [0.25, 0.3) is 0 Å². The number of rotatable bonds is 8. The van der Waals surface area contributed by atoms with Crippen molar-refractivity contribution >= 4 is 40.8 Å². The molecule has 10 heteroatoms. The summed E-state index contributed by atoms with van der Waals surface area (Å²) in [4.78, 5) is 48.3. The van der Waals surface area contributed by atoms with Gasteiger partial charge in [0.15, 0.2) is 5.78 Å². The van der Waals surface area contributed by atoms with Gasteiger partial charge < -0.3 is 15.4 Å². The van der Waals surface area contributed by atoms with Crippen molar-refractivity contribution < 1.29 is 24.0 Å². The molecule has 0 spiro atoms. The van der Waals surface area contributed by atoms with E-state index < -0.39 is 28.7 Å². The lowest BCUT2D eigenvalue weighted by atomic mass is 10.0. The van der Waals surface area contributed by atoms with E-state index >= 15 is 0 Å². The van der Waals surface area contributed by atoms with Gasteiger partial charge in [0.25, 0.3) is 5.69 Å². The molecule has 0 fully saturated rings. The Hall–Kier alpha value is -4.24. The lowest BCUT2D eigenvalue weighted by Gasteiger charge is -2.16. The molecule has 0 bridgehead atoms. The predicted octanol–water partition coefficient (Wildman–Crippen LogP) is 4.73. The second kappa shape index (κ2) is 11.1. The number of nitro groups is 1. The number of ether oxygens (including phenoxy) is 1. The van der Waals surface area contributed by atoms with Crippen molar-refractivity contribution in [1.29, 1.82) is 0 Å². The van der Waals surface area contributed by atoms with Crippen LogP contribution in [-0.4, -0.2) is 28.7 Å². The molecule has 0 aliphatic carbocycles. The fraction of sp³-hybridized carbons (Fsp3) is 0.125. The molecule has 0 radical (unpaired) electrons. The smallest absolute Gasteiger partial charge is 0.408 e. The van der Waals surface area contributed by atoms with E-state index in [-0.39, 0.29) is 34.1 Å². The van der Waals surface area contributed by atoms with Gasteiger partial charge in [-0.15, -0.1) is 0 Å². The summed E-state index contributed by atoms with van der Waals surface area (Å²) in [5.74, 6) is -1.26. The molecule has 0 aliphatic rings. The van der Waals surface area contributed by atoms with E-state index in [9.17, 15) is 24.5 Å². The van der Waals surface area contributed by atoms with Crippen LogP contribution < -0.4 is 10.6 Å². The van der Waals surface area contributed by atoms with Gasteiger partial charge in [-0.2, -0.15) is 0 Å². The molecular weight excluding hydrogens is 462 g/mol. The molecule has 9 nitrogen and oxygen atoms in total. The highest BCUT2D eigenvalue weighted by molar-refractivity contribution is 6.35. The first-order valence-corrected chi connectivity index (χ1v) is 10.5. The Balaban J connectivity index is 1.74. The van der Waals surface area contributed by atoms with E-state index in [4.69, 9.17) is 16.3 Å². The summed E-state index contributed by atoms with van der Waals surface area (Å²) in [6.07, 6.45) is -0.803. The molecule has 3 rings (SSSR count). The number of nitrogens with one attached hydrogen (secondary N) is 2. The number of non-ortho nitro benzene ring substituents is 1. The Bertz CT molecular complexity index is 1230. The second-order valence-electron chi connectivity index (χ2n) is 7.21. The second-order valence-corrected chi connectivity index (χ2v) is 7.62. The number of hydrogen-bond donors (Lipinski definition) is 2. The minimum atomic E-state index is -1.03. The van der Waals surface area contributed by atoms with Crippen molar-refractivity contribution in [2.75, 3.05) is 5.32 Å². The van der Waals surface area contributed by atoms with E-state index in [1.54, 1.807) is 36.4 Å². The molecule has 2 N–H and O–H groups in total. The van der Waals surface area contributed by atoms with Crippen molar-refractivity contribution in [2.24, 2.45) is 0 Å². The number of hydrogen-bond acceptors (Lipinski definition) is 6. The number of nitro benzene ring substituents is 1. The molecule has 2 amide bonds. The number of ketones is 1. The van der Waals surface area contributed by atoms with E-state index in [0.29, 0.717) is 0 Å². The van der Waals surface area contributed by atoms with Crippen LogP contribution in [-0.2, 0) is 16.1 Å². The van der Waals surface area contributed by atoms with Crippen LogP contribution in [0, 0.1) is 10.1 Å². The lowest BCUT2D eigenvalue weighted by Crippen LogP contribution is -2.42. The van der Waals surface area contributed by atoms with Crippen LogP contribution in [0.5, 0.6) is 0 Å². The van der Waals surface area contributed by atoms with Crippen molar-refractivity contribution in [3.05, 3.63) is 105 Å². The summed E-state index contributed by atoms with van der Waals surface area (Å²) in [5, 5.41) is 16.3. The summed E-state index contributed by atoms with van der Waals surface area (Å²) in [6.45, 7) is 1.46. The molecule has 174 valence electrons. The number of anilines is 1. The van der Waals surface area contributed by atoms with Gasteiger partial charge in [0.2, 0.25) is 5.91 Å². The zero-order valence-electron chi connectivity index (χ0n) is 18.0. The Morgan fingerprint density at radius 2 is 1.68 bits per heavy atom. The van der Waals surface area contributed by atoms with Gasteiger partial charge in [0, 0.05) is 17.7 Å². The first-order chi connectivity index (χ1) is 16.3. The highest BCUT2D eigenvalue weighted by Gasteiger charge is 2.23. The highest BCUT2D eigenvalue weighted by Crippen LogP contribution is 2.27. The first-order valence-electron chi connectivity index (χ1n) is 10.1. The number of amides is 2. The number of carbonyl (C=O) groups excluding carboxylic acids is 3. The standard InChI is InChI=1S/C24H20ClN3O6/c1-15(26-24(31)34-14-16-7-3-2-4-8-16)23(30)27-21-12-11-17(28(32)33)13-19(21)22(29)18-9-5-6-10-20(18)25/h2-13,15H,14H2,1H3,(H,26,31)(H,27,30). The van der Waals surface area contributed by atoms with Gasteiger partial charge in [-0.05, 0) is 30.7 Å². The average molecular weight is 482 g/mol. The third-order valence-electron chi connectivity index (χ3n) is 4.78. The Kier molecular flexibility index (Phi) is 7.94. The summed E-state index contributed by atoms with van der Waals surface area (Å²) < 4.78 is 5.10. The van der Waals surface area contributed by atoms with Crippen LogP contribution in [0.15, 0.2) is 72.8 Å². The van der Waals surface area contributed by atoms with Gasteiger partial charge in [0.1, 0.15) is 12.6 Å². The minimum absolute atomic E-state index is 0.0276. The van der Waals surface area contributed by atoms with Crippen LogP contribution in [0.3, 0.4) is 0 Å². The van der Waals surface area contributed by atoms with E-state index in [1.165, 1.54) is 25.1 Å². The number of alkyl carbamates (subject to hydrolysis) is 1. The predicted molar refractivity (Wildman–Crippen MR) is 126 cm³/mol. The van der Waals surface area contributed by atoms with Crippen molar-refractivity contribution in [2.45, 2.75) is 19.6 Å². The maximum atomic E-state index is 13.1. The number of benzene rings is 3. The molecule has 0 aliphatic heterocycles. The van der Waals surface area contributed by atoms with Gasteiger partial charge in [-0.3, -0.25) is 19.7 Å². The maximum absolute atomic E-state index is 13.1. The molecule has 0 saturated carbocycles. The third-order valence-corrected chi connectivity index (χ3v) is 5.10. The van der Waals surface area contributed by atoms with Crippen molar-refractivity contribution in [3.8, 4) is 0 Å². The Morgan fingerprint density at radius 1 is 1.00 bits per heavy atom. The monoisotopic (exact) mass is 481 g/mol. The fourth-order valence-electron chi connectivity index (χ4n) is 2.98. The van der Waals surface area contributed by atoms with Gasteiger partial charge >= 0.3 is 6.09 Å². The third kappa shape index (κ3) is 6.17. The molecule has 1 unspecified atom stereocenters. The van der Waals surface area contributed by atoms with Crippen LogP contribution in [0.1, 0.15) is 28.4 Å². The zero-order valence-corrected chi connectivity index (χ0v) is 18.7. The topological polar surface area (TPSA) is 128 Å². The maximum Gasteiger partial charge on any atom is 0.408 e. The first kappa shape index (κ1) is 24.4. The van der Waals surface area contributed by atoms with Crippen molar-refractivity contribution in [1.82, 2.24) is 5.32 Å². The largest absolute Gasteiger partial charge is 0.445 e. The van der Waals surface area contributed by atoms with Crippen molar-refractivity contribution in [3.63, 3.8) is 0 Å². The number of halogens is 1. The zero-order chi connectivity index (χ0) is 24.7. The van der Waals surface area contributed by atoms with Crippen LogP contribution >= 0.6 is 11.6 Å². The number of nitrogens with zero attached hydrogens (tertiary/aromatic N) is 1. The average Bonchev–Trinajstić information content (AvgIpc) is 2.83. The molecule has 3 aromatic rings. The molecule has 0 heterocycles. The van der Waals surface area contributed by atoms with E-state index in [1.807, 2.05) is 6.07 Å². The molecular formula is C24H20ClN3O6. The fourth-order valence-corrected chi connectivity index (χ4v) is 3.20. The number of carbonyl (C=O) groups is 3. The molecule has 0 aromatic heterocycles. The van der Waals surface area contributed by atoms with E-state index in [2.05, 4.69) is 10.6 Å². The van der Waals surface area contributed by atoms with Crippen LogP contribution in [0.2, 0.25) is 5.02 Å². The SMILES string of the molecule is CC(NC(=O)OCc1ccccc1)C(=O)Nc1ccc([N+](=O)[O-])cc1C(=O)c1ccccc1Cl. The molecule has 3 aromatic carbocycles. The van der Waals surface area contributed by atoms with Gasteiger partial charge in [-0.25, -0.2) is 4.79 Å². The molecule has 34 heavy (non-hydrogen) atoms. The summed E-state index contributed by atoms with van der Waals surface area (Å²) >= 11 is 6.11. The molecule has 1 atom stereocenters. The normalized spacial score (nSPS) is 11.2. The van der Waals surface area contributed by atoms with Gasteiger partial charge in [0.05, 0.1) is 21.2 Å². The summed E-state index contributed by atoms with van der Waals surface area (Å²) in [7, 11) is 0. The summed E-state index contributed by atoms with van der Waals surface area (Å²) in [6, 6.07) is 17.7. The lowest BCUT2D eigenvalue weighted by molar-refractivity contribution is -0.384. The van der Waals surface area contributed by atoms with Gasteiger partial charge in [-0.1, -0.05) is 54.1 Å². The Morgan fingerprint density at radius 3 is 2.35 bits per heavy atom. The van der Waals surface area contributed by atoms with Crippen LogP contribution in [0.4, 0.5) is 16.2 Å². The Labute approximate surface area is 199 Å². The minimum Gasteiger partial charge on any atom is -0.445 e. The quantitative estimate of drug-likeness (QED) is 0.272.